The number of aryl methyl sites for hydroxylation is 3. The van der Waals surface area contributed by atoms with E-state index in [1.54, 1.807) is 0 Å². The van der Waals surface area contributed by atoms with Crippen LogP contribution < -0.4 is 5.73 Å². The van der Waals surface area contributed by atoms with Gasteiger partial charge in [-0.2, -0.15) is 0 Å². The number of fused-ring (bicyclic) bond motifs is 1. The van der Waals surface area contributed by atoms with Crippen LogP contribution in [0.4, 0.5) is 0 Å². The van der Waals surface area contributed by atoms with Crippen LogP contribution >= 0.6 is 0 Å². The molecule has 3 nitrogen and oxygen atoms in total. The quantitative estimate of drug-likeness (QED) is 0.878. The number of rotatable bonds is 3. The molecule has 0 aromatic carbocycles. The van der Waals surface area contributed by atoms with Crippen molar-refractivity contribution in [1.29, 1.82) is 0 Å². The maximum absolute atomic E-state index is 6.12. The summed E-state index contributed by atoms with van der Waals surface area (Å²) < 4.78 is 2.15. The van der Waals surface area contributed by atoms with Crippen molar-refractivity contribution in [2.75, 3.05) is 0 Å². The fourth-order valence-corrected chi connectivity index (χ4v) is 2.42. The van der Waals surface area contributed by atoms with Crippen LogP contribution in [0.3, 0.4) is 0 Å². The van der Waals surface area contributed by atoms with Gasteiger partial charge in [-0.05, 0) is 57.2 Å². The molecule has 90 valence electrons. The van der Waals surface area contributed by atoms with Gasteiger partial charge in [0.2, 0.25) is 0 Å². The van der Waals surface area contributed by atoms with E-state index in [1.807, 2.05) is 6.92 Å². The van der Waals surface area contributed by atoms with Gasteiger partial charge < -0.3 is 10.1 Å². The summed E-state index contributed by atoms with van der Waals surface area (Å²) in [7, 11) is 0. The Morgan fingerprint density at radius 3 is 2.88 bits per heavy atom. The van der Waals surface area contributed by atoms with E-state index in [1.165, 1.54) is 23.9 Å². The average Bonchev–Trinajstić information content (AvgIpc) is 2.98. The van der Waals surface area contributed by atoms with Gasteiger partial charge in [0, 0.05) is 11.7 Å². The van der Waals surface area contributed by atoms with Crippen LogP contribution in [-0.4, -0.2) is 14.9 Å². The monoisotopic (exact) mass is 229 g/mol. The van der Waals surface area contributed by atoms with Gasteiger partial charge in [-0.1, -0.05) is 0 Å². The second-order valence-corrected chi connectivity index (χ2v) is 5.40. The summed E-state index contributed by atoms with van der Waals surface area (Å²) in [6.07, 6.45) is 6.70. The minimum Gasteiger partial charge on any atom is -0.325 e. The van der Waals surface area contributed by atoms with Crippen molar-refractivity contribution in [3.05, 3.63) is 35.4 Å². The van der Waals surface area contributed by atoms with Crippen molar-refractivity contribution >= 4 is 5.52 Å². The van der Waals surface area contributed by atoms with Gasteiger partial charge in [0.25, 0.3) is 0 Å². The molecule has 2 heterocycles. The van der Waals surface area contributed by atoms with Crippen LogP contribution in [0.5, 0.6) is 0 Å². The van der Waals surface area contributed by atoms with Crippen LogP contribution in [0.15, 0.2) is 18.3 Å². The number of aromatic nitrogens is 2. The highest BCUT2D eigenvalue weighted by Gasteiger charge is 2.37. The Morgan fingerprint density at radius 1 is 1.41 bits per heavy atom. The minimum absolute atomic E-state index is 0.150. The molecule has 1 saturated carbocycles. The fraction of sp³-hybridized carbons (Fsp3) is 0.500. The molecule has 2 N–H and O–H groups in total. The van der Waals surface area contributed by atoms with Crippen molar-refractivity contribution < 1.29 is 0 Å². The maximum atomic E-state index is 6.12. The van der Waals surface area contributed by atoms with E-state index in [0.717, 1.165) is 24.4 Å². The van der Waals surface area contributed by atoms with Gasteiger partial charge in [0.1, 0.15) is 5.82 Å². The first kappa shape index (κ1) is 10.8. The smallest absolute Gasteiger partial charge is 0.110 e. The predicted octanol–water partition coefficient (Wildman–Crippen LogP) is 2.38. The summed E-state index contributed by atoms with van der Waals surface area (Å²) in [6, 6.07) is 4.44. The molecule has 3 heteroatoms. The molecule has 17 heavy (non-hydrogen) atoms. The Bertz CT molecular complexity index is 564. The molecule has 1 aliphatic rings. The molecule has 1 aliphatic carbocycles. The molecule has 0 bridgehead atoms. The first-order chi connectivity index (χ1) is 8.07. The lowest BCUT2D eigenvalue weighted by atomic mass is 10.0. The Hall–Kier alpha value is -1.35. The van der Waals surface area contributed by atoms with Crippen molar-refractivity contribution in [3.63, 3.8) is 0 Å². The van der Waals surface area contributed by atoms with Gasteiger partial charge in [0.05, 0.1) is 11.2 Å². The summed E-state index contributed by atoms with van der Waals surface area (Å²) in [4.78, 5) is 4.49. The van der Waals surface area contributed by atoms with Crippen LogP contribution in [-0.2, 0) is 6.42 Å². The minimum atomic E-state index is 0.150. The largest absolute Gasteiger partial charge is 0.325 e. The SMILES string of the molecule is Cc1nc(C)n2ccc(CCC3(N)CC3)cc12. The molecule has 2 aromatic heterocycles. The van der Waals surface area contributed by atoms with E-state index in [2.05, 4.69) is 34.6 Å². The molecule has 0 aliphatic heterocycles. The molecule has 0 spiro atoms. The summed E-state index contributed by atoms with van der Waals surface area (Å²) in [6.45, 7) is 4.11. The Morgan fingerprint density at radius 2 is 2.18 bits per heavy atom. The first-order valence-electron chi connectivity index (χ1n) is 6.30. The maximum Gasteiger partial charge on any atom is 0.110 e. The van der Waals surface area contributed by atoms with Crippen molar-refractivity contribution in [3.8, 4) is 0 Å². The number of pyridine rings is 1. The normalized spacial score (nSPS) is 17.6. The highest BCUT2D eigenvalue weighted by Crippen LogP contribution is 2.36. The molecule has 3 rings (SSSR count). The van der Waals surface area contributed by atoms with E-state index in [0.29, 0.717) is 0 Å². The van der Waals surface area contributed by atoms with Gasteiger partial charge in [-0.25, -0.2) is 4.98 Å². The zero-order valence-electron chi connectivity index (χ0n) is 10.5. The van der Waals surface area contributed by atoms with E-state index in [4.69, 9.17) is 5.73 Å². The molecule has 0 unspecified atom stereocenters. The molecule has 0 amide bonds. The molecular formula is C14H19N3. The molecule has 0 saturated heterocycles. The topological polar surface area (TPSA) is 43.3 Å². The standard InChI is InChI=1S/C14H19N3/c1-10-13-9-12(3-5-14(15)6-7-14)4-8-17(13)11(2)16-10/h4,8-9H,3,5-7,15H2,1-2H3. The number of nitrogens with zero attached hydrogens (tertiary/aromatic N) is 2. The van der Waals surface area contributed by atoms with Crippen molar-refractivity contribution in [2.24, 2.45) is 5.73 Å². The van der Waals surface area contributed by atoms with Gasteiger partial charge in [-0.15, -0.1) is 0 Å². The van der Waals surface area contributed by atoms with E-state index < -0.39 is 0 Å². The summed E-state index contributed by atoms with van der Waals surface area (Å²) in [5.74, 6) is 1.06. The second kappa shape index (κ2) is 3.57. The predicted molar refractivity (Wildman–Crippen MR) is 69.1 cm³/mol. The summed E-state index contributed by atoms with van der Waals surface area (Å²) in [5, 5.41) is 0. The number of hydrogen-bond donors (Lipinski definition) is 1. The zero-order chi connectivity index (χ0) is 12.0. The van der Waals surface area contributed by atoms with E-state index in [9.17, 15) is 0 Å². The molecular weight excluding hydrogens is 210 g/mol. The highest BCUT2D eigenvalue weighted by atomic mass is 15.0. The third-order valence-corrected chi connectivity index (χ3v) is 3.87. The summed E-state index contributed by atoms with van der Waals surface area (Å²) in [5.41, 5.74) is 9.98. The lowest BCUT2D eigenvalue weighted by molar-refractivity contribution is 0.609. The Labute approximate surface area is 102 Å². The number of nitrogens with two attached hydrogens (primary N) is 1. The molecule has 0 atom stereocenters. The van der Waals surface area contributed by atoms with Crippen molar-refractivity contribution in [1.82, 2.24) is 9.38 Å². The number of hydrogen-bond acceptors (Lipinski definition) is 2. The third kappa shape index (κ3) is 1.95. The van der Waals surface area contributed by atoms with E-state index >= 15 is 0 Å². The summed E-state index contributed by atoms with van der Waals surface area (Å²) >= 11 is 0. The van der Waals surface area contributed by atoms with Crippen LogP contribution in [0.2, 0.25) is 0 Å². The highest BCUT2D eigenvalue weighted by molar-refractivity contribution is 5.54. The first-order valence-corrected chi connectivity index (χ1v) is 6.30. The lowest BCUT2D eigenvalue weighted by Gasteiger charge is -2.08. The van der Waals surface area contributed by atoms with Crippen LogP contribution in [0.1, 0.15) is 36.3 Å². The van der Waals surface area contributed by atoms with Gasteiger partial charge in [0.15, 0.2) is 0 Å². The lowest BCUT2D eigenvalue weighted by Crippen LogP contribution is -2.22. The molecule has 2 aromatic rings. The molecule has 1 fully saturated rings. The van der Waals surface area contributed by atoms with Crippen LogP contribution in [0, 0.1) is 13.8 Å². The molecule has 0 radical (unpaired) electrons. The van der Waals surface area contributed by atoms with E-state index in [-0.39, 0.29) is 5.54 Å². The third-order valence-electron chi connectivity index (χ3n) is 3.87. The zero-order valence-corrected chi connectivity index (χ0v) is 10.5. The Balaban J connectivity index is 1.88. The number of imidazole rings is 1. The van der Waals surface area contributed by atoms with Gasteiger partial charge >= 0.3 is 0 Å². The van der Waals surface area contributed by atoms with Gasteiger partial charge in [-0.3, -0.25) is 0 Å². The Kier molecular flexibility index (Phi) is 2.26. The average molecular weight is 229 g/mol. The fourth-order valence-electron chi connectivity index (χ4n) is 2.42. The van der Waals surface area contributed by atoms with Crippen LogP contribution in [0.25, 0.3) is 5.52 Å². The van der Waals surface area contributed by atoms with Crippen molar-refractivity contribution in [2.45, 2.75) is 45.1 Å². The second-order valence-electron chi connectivity index (χ2n) is 5.40.